The van der Waals surface area contributed by atoms with Gasteiger partial charge in [-0.25, -0.2) is 0 Å². The van der Waals surface area contributed by atoms with Crippen LogP contribution in [0.3, 0.4) is 0 Å². The third kappa shape index (κ3) is 3.34. The van der Waals surface area contributed by atoms with Crippen molar-refractivity contribution in [1.82, 2.24) is 15.5 Å². The number of carbonyl (C=O) groups is 1. The lowest BCUT2D eigenvalue weighted by molar-refractivity contribution is 0.0949. The number of H-pyrrole nitrogens is 2. The molecule has 3 N–H and O–H groups in total. The Morgan fingerprint density at radius 2 is 2.24 bits per heavy atom. The van der Waals surface area contributed by atoms with Gasteiger partial charge in [0.15, 0.2) is 0 Å². The lowest BCUT2D eigenvalue weighted by Gasteiger charge is -2.12. The summed E-state index contributed by atoms with van der Waals surface area (Å²) < 4.78 is 0. The van der Waals surface area contributed by atoms with Crippen LogP contribution < -0.4 is 10.9 Å². The van der Waals surface area contributed by atoms with Crippen LogP contribution in [0, 0.1) is 0 Å². The monoisotopic (exact) mass is 235 g/mol. The highest BCUT2D eigenvalue weighted by Gasteiger charge is 2.08. The molecule has 1 aliphatic rings. The molecule has 1 heterocycles. The van der Waals surface area contributed by atoms with Gasteiger partial charge in [0.2, 0.25) is 0 Å². The van der Waals surface area contributed by atoms with Gasteiger partial charge in [0.05, 0.1) is 0 Å². The smallest absolute Gasteiger partial charge is 0.269 e. The van der Waals surface area contributed by atoms with Gasteiger partial charge in [-0.1, -0.05) is 11.6 Å². The number of aromatic nitrogens is 2. The maximum Gasteiger partial charge on any atom is 0.269 e. The predicted molar refractivity (Wildman–Crippen MR) is 64.9 cm³/mol. The van der Waals surface area contributed by atoms with Gasteiger partial charge in [-0.2, -0.15) is 0 Å². The first-order valence-electron chi connectivity index (χ1n) is 5.99. The van der Waals surface area contributed by atoms with Crippen LogP contribution in [0.15, 0.2) is 22.5 Å². The van der Waals surface area contributed by atoms with Crippen LogP contribution in [0.1, 0.15) is 42.6 Å². The molecule has 1 amide bonds. The van der Waals surface area contributed by atoms with E-state index in [1.807, 2.05) is 0 Å². The molecule has 1 aliphatic carbocycles. The fraction of sp³-hybridized carbons (Fsp3) is 0.500. The van der Waals surface area contributed by atoms with E-state index in [-0.39, 0.29) is 17.2 Å². The van der Waals surface area contributed by atoms with Gasteiger partial charge < -0.3 is 5.32 Å². The maximum absolute atomic E-state index is 11.6. The molecule has 0 saturated carbocycles. The van der Waals surface area contributed by atoms with E-state index in [2.05, 4.69) is 21.6 Å². The summed E-state index contributed by atoms with van der Waals surface area (Å²) in [5.74, 6) is -0.236. The molecule has 2 rings (SSSR count). The van der Waals surface area contributed by atoms with Crippen LogP contribution in [-0.2, 0) is 0 Å². The van der Waals surface area contributed by atoms with Crippen molar-refractivity contribution in [1.29, 1.82) is 0 Å². The van der Waals surface area contributed by atoms with E-state index >= 15 is 0 Å². The highest BCUT2D eigenvalue weighted by Crippen LogP contribution is 2.19. The molecule has 0 aromatic carbocycles. The molecule has 5 nitrogen and oxygen atoms in total. The molecule has 0 spiro atoms. The molecule has 92 valence electrons. The average molecular weight is 235 g/mol. The first-order valence-corrected chi connectivity index (χ1v) is 5.99. The third-order valence-electron chi connectivity index (χ3n) is 2.96. The first kappa shape index (κ1) is 11.7. The number of rotatable bonds is 4. The Balaban J connectivity index is 1.77. The minimum Gasteiger partial charge on any atom is -0.350 e. The number of amides is 1. The van der Waals surface area contributed by atoms with Crippen molar-refractivity contribution >= 4 is 5.91 Å². The second-order valence-electron chi connectivity index (χ2n) is 4.29. The fourth-order valence-electron chi connectivity index (χ4n) is 2.02. The van der Waals surface area contributed by atoms with E-state index < -0.39 is 0 Å². The molecular weight excluding hydrogens is 218 g/mol. The standard InChI is InChI=1S/C12H17N3O2/c16-11-8-10(14-15-11)12(17)13-7-6-9-4-2-1-3-5-9/h4,8H,1-3,5-7H2,(H,13,17)(H2,14,15,16). The van der Waals surface area contributed by atoms with Crippen LogP contribution >= 0.6 is 0 Å². The van der Waals surface area contributed by atoms with Gasteiger partial charge >= 0.3 is 0 Å². The number of hydrogen-bond donors (Lipinski definition) is 3. The van der Waals surface area contributed by atoms with Crippen molar-refractivity contribution in [3.05, 3.63) is 33.8 Å². The molecule has 0 unspecified atom stereocenters. The van der Waals surface area contributed by atoms with Gasteiger partial charge in [0.1, 0.15) is 5.69 Å². The van der Waals surface area contributed by atoms with E-state index in [1.54, 1.807) is 0 Å². The zero-order chi connectivity index (χ0) is 12.1. The fourth-order valence-corrected chi connectivity index (χ4v) is 2.02. The van der Waals surface area contributed by atoms with Gasteiger partial charge in [0.25, 0.3) is 11.5 Å². The van der Waals surface area contributed by atoms with Gasteiger partial charge in [-0.3, -0.25) is 19.8 Å². The van der Waals surface area contributed by atoms with Crippen molar-refractivity contribution in [3.8, 4) is 0 Å². The van der Waals surface area contributed by atoms with E-state index in [4.69, 9.17) is 0 Å². The van der Waals surface area contributed by atoms with Crippen molar-refractivity contribution in [3.63, 3.8) is 0 Å². The molecule has 0 atom stereocenters. The second kappa shape index (κ2) is 5.52. The molecule has 1 aromatic rings. The molecule has 0 radical (unpaired) electrons. The Hall–Kier alpha value is -1.78. The first-order chi connectivity index (χ1) is 8.25. The Morgan fingerprint density at radius 1 is 1.35 bits per heavy atom. The Kier molecular flexibility index (Phi) is 3.80. The Morgan fingerprint density at radius 3 is 2.88 bits per heavy atom. The second-order valence-corrected chi connectivity index (χ2v) is 4.29. The van der Waals surface area contributed by atoms with Crippen LogP contribution in [0.5, 0.6) is 0 Å². The van der Waals surface area contributed by atoms with E-state index in [0.717, 1.165) is 19.3 Å². The predicted octanol–water partition coefficient (Wildman–Crippen LogP) is 1.32. The highest BCUT2D eigenvalue weighted by atomic mass is 16.2. The lowest BCUT2D eigenvalue weighted by Crippen LogP contribution is -2.25. The Bertz CT molecular complexity index is 470. The summed E-state index contributed by atoms with van der Waals surface area (Å²) in [6.45, 7) is 0.623. The van der Waals surface area contributed by atoms with E-state index in [0.29, 0.717) is 6.54 Å². The number of aromatic amines is 2. The molecule has 0 fully saturated rings. The van der Waals surface area contributed by atoms with Crippen LogP contribution in [0.25, 0.3) is 0 Å². The molecule has 1 aromatic heterocycles. The summed E-state index contributed by atoms with van der Waals surface area (Å²) in [7, 11) is 0. The summed E-state index contributed by atoms with van der Waals surface area (Å²) in [5, 5.41) is 7.66. The summed E-state index contributed by atoms with van der Waals surface area (Å²) in [6, 6.07) is 1.26. The molecule has 5 heteroatoms. The minimum atomic E-state index is -0.287. The SMILES string of the molecule is O=C(NCCC1=CCCCC1)c1cc(=O)[nH][nH]1. The van der Waals surface area contributed by atoms with E-state index in [9.17, 15) is 9.59 Å². The van der Waals surface area contributed by atoms with Crippen molar-refractivity contribution in [2.75, 3.05) is 6.54 Å². The summed E-state index contributed by atoms with van der Waals surface area (Å²) in [5.41, 5.74) is 1.43. The zero-order valence-electron chi connectivity index (χ0n) is 9.71. The van der Waals surface area contributed by atoms with Gasteiger partial charge in [0, 0.05) is 12.6 Å². The molecule has 0 aliphatic heterocycles. The highest BCUT2D eigenvalue weighted by molar-refractivity contribution is 5.92. The van der Waals surface area contributed by atoms with Crippen LogP contribution in [0.4, 0.5) is 0 Å². The molecule has 0 bridgehead atoms. The number of carbonyl (C=O) groups excluding carboxylic acids is 1. The Labute approximate surface area is 99.3 Å². The minimum absolute atomic E-state index is 0.236. The topological polar surface area (TPSA) is 77.8 Å². The van der Waals surface area contributed by atoms with Crippen LogP contribution in [0.2, 0.25) is 0 Å². The summed E-state index contributed by atoms with van der Waals surface area (Å²) in [6.07, 6.45) is 8.02. The largest absolute Gasteiger partial charge is 0.350 e. The number of nitrogens with one attached hydrogen (secondary N) is 3. The summed E-state index contributed by atoms with van der Waals surface area (Å²) >= 11 is 0. The number of hydrogen-bond acceptors (Lipinski definition) is 2. The third-order valence-corrected chi connectivity index (χ3v) is 2.96. The maximum atomic E-state index is 11.6. The van der Waals surface area contributed by atoms with Crippen LogP contribution in [-0.4, -0.2) is 22.6 Å². The molecule has 0 saturated heterocycles. The molecular formula is C12H17N3O2. The van der Waals surface area contributed by atoms with Gasteiger partial charge in [-0.05, 0) is 32.1 Å². The zero-order valence-corrected chi connectivity index (χ0v) is 9.71. The average Bonchev–Trinajstić information content (AvgIpc) is 2.77. The van der Waals surface area contributed by atoms with Crippen molar-refractivity contribution < 1.29 is 4.79 Å². The van der Waals surface area contributed by atoms with Crippen molar-refractivity contribution in [2.24, 2.45) is 0 Å². The lowest BCUT2D eigenvalue weighted by atomic mass is 9.97. The normalized spacial score (nSPS) is 15.4. The summed E-state index contributed by atoms with van der Waals surface area (Å²) in [4.78, 5) is 22.4. The quantitative estimate of drug-likeness (QED) is 0.688. The number of allylic oxidation sites excluding steroid dienone is 1. The van der Waals surface area contributed by atoms with Crippen molar-refractivity contribution in [2.45, 2.75) is 32.1 Å². The van der Waals surface area contributed by atoms with Gasteiger partial charge in [-0.15, -0.1) is 0 Å². The van der Waals surface area contributed by atoms with E-state index in [1.165, 1.54) is 24.5 Å². The molecule has 17 heavy (non-hydrogen) atoms.